The summed E-state index contributed by atoms with van der Waals surface area (Å²) in [6.07, 6.45) is 8.95. The molecule has 3 heterocycles. The molecule has 0 radical (unpaired) electrons. The number of piperazine rings is 1. The summed E-state index contributed by atoms with van der Waals surface area (Å²) in [5.41, 5.74) is -0.289. The number of sulfonamides is 1. The minimum absolute atomic E-state index is 0.0260. The van der Waals surface area contributed by atoms with Gasteiger partial charge in [0.05, 0.1) is 21.7 Å². The van der Waals surface area contributed by atoms with Crippen LogP contribution >= 0.6 is 23.4 Å². The quantitative estimate of drug-likeness (QED) is 0.0219. The molecule has 17 nitrogen and oxygen atoms in total. The fourth-order valence-corrected chi connectivity index (χ4v) is 15.1. The summed E-state index contributed by atoms with van der Waals surface area (Å²) < 4.78 is 99.6. The van der Waals surface area contributed by atoms with Crippen LogP contribution in [-0.2, 0) is 29.4 Å². The number of benzene rings is 5. The van der Waals surface area contributed by atoms with Crippen LogP contribution in [-0.4, -0.2) is 144 Å². The fraction of sp³-hybridized carbons (Fsp3) is 0.431. The van der Waals surface area contributed by atoms with Crippen molar-refractivity contribution in [1.82, 2.24) is 24.7 Å². The number of thioether (sulfide) groups is 1. The lowest BCUT2D eigenvalue weighted by Crippen LogP contribution is -2.54. The molecule has 89 heavy (non-hydrogen) atoms. The Labute approximate surface area is 528 Å². The standard InChI is InChI=1S/C65H76ClF3N8O9S3/c1-64(2)32-30-52(44-18-22-47(66)23-19-44)46(41-64)42-75-36-38-76(39-37-75)49-24-20-45(21-25-49)60(79)73-89(85,86)51-26-27-54(57(40-51)88(83,84)65(67,68)69)71-48(43-87-50-14-9-8-10-15-50)31-35-74(3)34-12-7-5-4-6-11-33-70-55-17-13-16-53-59(55)63(82)77(62(53)81)56-28-29-58(78)72-61(56)80/h8-10,13-27,40,48,56,70-71H,4-7,11-12,28-39,41-43H2,1-3H3,(H,73,79)(H,72,78,80)/t48-,56-/m1/s1. The van der Waals surface area contributed by atoms with Crippen molar-refractivity contribution in [2.24, 2.45) is 5.41 Å². The van der Waals surface area contributed by atoms with Crippen LogP contribution in [0.15, 0.2) is 136 Å². The monoisotopic (exact) mass is 1300 g/mol. The van der Waals surface area contributed by atoms with Crippen LogP contribution in [0.4, 0.5) is 30.2 Å². The van der Waals surface area contributed by atoms with E-state index < -0.39 is 82.5 Å². The first kappa shape index (κ1) is 66.7. The Kier molecular flexibility index (Phi) is 21.7. The van der Waals surface area contributed by atoms with Crippen molar-refractivity contribution in [3.05, 3.63) is 148 Å². The van der Waals surface area contributed by atoms with Gasteiger partial charge in [-0.2, -0.15) is 13.2 Å². The lowest BCUT2D eigenvalue weighted by molar-refractivity contribution is -0.136. The summed E-state index contributed by atoms with van der Waals surface area (Å²) in [5.74, 6) is -2.98. The molecule has 5 aromatic carbocycles. The molecule has 0 unspecified atom stereocenters. The zero-order valence-corrected chi connectivity index (χ0v) is 53.4. The number of amides is 5. The van der Waals surface area contributed by atoms with Crippen LogP contribution in [0.2, 0.25) is 5.02 Å². The zero-order chi connectivity index (χ0) is 63.7. The van der Waals surface area contributed by atoms with Crippen LogP contribution in [0.3, 0.4) is 0 Å². The number of nitrogens with one attached hydrogen (secondary N) is 4. The van der Waals surface area contributed by atoms with E-state index in [0.717, 1.165) is 105 Å². The number of halogens is 4. The maximum Gasteiger partial charge on any atom is 0.501 e. The van der Waals surface area contributed by atoms with E-state index in [9.17, 15) is 54.0 Å². The molecule has 0 spiro atoms. The molecule has 4 aliphatic rings. The van der Waals surface area contributed by atoms with Crippen molar-refractivity contribution in [2.75, 3.05) is 80.7 Å². The molecule has 5 aromatic rings. The average Bonchev–Trinajstić information content (AvgIpc) is 1.98. The van der Waals surface area contributed by atoms with Gasteiger partial charge in [-0.25, -0.2) is 21.6 Å². The number of nitrogens with zero attached hydrogens (tertiary/aromatic N) is 4. The number of carbonyl (C=O) groups excluding carboxylic acids is 5. The van der Waals surface area contributed by atoms with Crippen molar-refractivity contribution < 1.29 is 54.0 Å². The molecule has 0 bridgehead atoms. The molecule has 0 saturated carbocycles. The SMILES string of the molecule is CN(CCCCCCCCNc1cccc2c1C(=O)N([C@@H]1CCC(=O)NC1=O)C2=O)CC[C@H](CSc1ccccc1)Nc1ccc(S(=O)(=O)NC(=O)c2ccc(N3CCN(CC4=C(c5ccc(Cl)cc5)CCC(C)(C)C4)CC3)cc2)cc1S(=O)(=O)C(F)(F)F. The number of sulfone groups is 1. The molecule has 476 valence electrons. The van der Waals surface area contributed by atoms with E-state index in [1.54, 1.807) is 30.3 Å². The van der Waals surface area contributed by atoms with Gasteiger partial charge in [0.2, 0.25) is 11.8 Å². The first-order valence-corrected chi connectivity index (χ1v) is 34.5. The molecule has 24 heteroatoms. The number of anilines is 3. The van der Waals surface area contributed by atoms with Crippen molar-refractivity contribution in [2.45, 2.75) is 123 Å². The Bertz CT molecular complexity index is 3660. The van der Waals surface area contributed by atoms with Crippen LogP contribution in [0, 0.1) is 5.41 Å². The van der Waals surface area contributed by atoms with Gasteiger partial charge in [-0.05, 0) is 160 Å². The highest BCUT2D eigenvalue weighted by Crippen LogP contribution is 2.43. The van der Waals surface area contributed by atoms with E-state index in [4.69, 9.17) is 11.6 Å². The summed E-state index contributed by atoms with van der Waals surface area (Å²) in [6.45, 7) is 10.2. The van der Waals surface area contributed by atoms with E-state index in [2.05, 4.69) is 56.6 Å². The highest BCUT2D eigenvalue weighted by Gasteiger charge is 2.49. The van der Waals surface area contributed by atoms with Gasteiger partial charge in [0.15, 0.2) is 0 Å². The van der Waals surface area contributed by atoms with Gasteiger partial charge in [-0.3, -0.25) is 39.1 Å². The van der Waals surface area contributed by atoms with Gasteiger partial charge in [0.1, 0.15) is 10.9 Å². The number of imide groups is 2. The second kappa shape index (κ2) is 29.0. The summed E-state index contributed by atoms with van der Waals surface area (Å²) >= 11 is 7.64. The Balaban J connectivity index is 0.762. The van der Waals surface area contributed by atoms with E-state index in [1.807, 2.05) is 54.2 Å². The number of alkyl halides is 3. The molecule has 5 amide bonds. The third-order valence-electron chi connectivity index (χ3n) is 16.9. The smallest absolute Gasteiger partial charge is 0.384 e. The summed E-state index contributed by atoms with van der Waals surface area (Å²) in [4.78, 5) is 70.8. The maximum atomic E-state index is 14.5. The molecule has 3 aliphatic heterocycles. The highest BCUT2D eigenvalue weighted by molar-refractivity contribution is 7.99. The number of allylic oxidation sites excluding steroid dienone is 1. The first-order valence-electron chi connectivity index (χ1n) is 30.2. The molecule has 2 saturated heterocycles. The van der Waals surface area contributed by atoms with Gasteiger partial charge >= 0.3 is 5.51 Å². The lowest BCUT2D eigenvalue weighted by atomic mass is 9.73. The van der Waals surface area contributed by atoms with Crippen molar-refractivity contribution in [3.8, 4) is 0 Å². The van der Waals surface area contributed by atoms with Crippen molar-refractivity contribution in [3.63, 3.8) is 0 Å². The lowest BCUT2D eigenvalue weighted by Gasteiger charge is -2.39. The average molecular weight is 1300 g/mol. The Morgan fingerprint density at radius 3 is 2.19 bits per heavy atom. The molecule has 1 aliphatic carbocycles. The number of carbonyl (C=O) groups is 5. The minimum Gasteiger partial charge on any atom is -0.384 e. The molecule has 4 N–H and O–H groups in total. The normalized spacial score (nSPS) is 17.9. The Morgan fingerprint density at radius 2 is 1.49 bits per heavy atom. The molecule has 2 fully saturated rings. The number of hydrogen-bond acceptors (Lipinski definition) is 15. The number of hydrogen-bond donors (Lipinski definition) is 4. The van der Waals surface area contributed by atoms with Crippen molar-refractivity contribution in [1.29, 1.82) is 0 Å². The van der Waals surface area contributed by atoms with Gasteiger partial charge in [0, 0.05) is 84.3 Å². The van der Waals surface area contributed by atoms with E-state index >= 15 is 0 Å². The second-order valence-electron chi connectivity index (χ2n) is 24.1. The van der Waals surface area contributed by atoms with Crippen molar-refractivity contribution >= 4 is 95.4 Å². The zero-order valence-electron chi connectivity index (χ0n) is 50.2. The Hall–Kier alpha value is -6.76. The van der Waals surface area contributed by atoms with Crippen LogP contribution in [0.25, 0.3) is 5.57 Å². The van der Waals surface area contributed by atoms with Crippen LogP contribution in [0.5, 0.6) is 0 Å². The summed E-state index contributed by atoms with van der Waals surface area (Å²) in [5, 5.41) is 9.21. The number of piperidine rings is 1. The topological polar surface area (TPSA) is 215 Å². The first-order chi connectivity index (χ1) is 42.4. The molecular formula is C65H76ClF3N8O9S3. The Morgan fingerprint density at radius 1 is 0.798 bits per heavy atom. The summed E-state index contributed by atoms with van der Waals surface area (Å²) in [6, 6.07) is 29.4. The predicted octanol–water partition coefficient (Wildman–Crippen LogP) is 11.3. The van der Waals surface area contributed by atoms with Crippen LogP contribution < -0.4 is 25.6 Å². The predicted molar refractivity (Wildman–Crippen MR) is 341 cm³/mol. The fourth-order valence-electron chi connectivity index (χ4n) is 11.9. The molecule has 2 atom stereocenters. The number of rotatable bonds is 27. The number of fused-ring (bicyclic) bond motifs is 1. The number of unbranched alkanes of at least 4 members (excludes halogenated alkanes) is 5. The van der Waals surface area contributed by atoms with Crippen LogP contribution in [0.1, 0.15) is 128 Å². The molecular weight excluding hydrogens is 1230 g/mol. The minimum atomic E-state index is -6.13. The van der Waals surface area contributed by atoms with Gasteiger partial charge in [-0.1, -0.05) is 93.1 Å². The third-order valence-corrected chi connectivity index (χ3v) is 21.2. The highest BCUT2D eigenvalue weighted by atomic mass is 35.5. The van der Waals surface area contributed by atoms with E-state index in [0.29, 0.717) is 61.7 Å². The third kappa shape index (κ3) is 16.8. The van der Waals surface area contributed by atoms with E-state index in [1.165, 1.54) is 40.6 Å². The molecule has 9 rings (SSSR count). The summed E-state index contributed by atoms with van der Waals surface area (Å²) in [7, 11) is -9.11. The second-order valence-corrected chi connectivity index (χ2v) is 29.2. The largest absolute Gasteiger partial charge is 0.501 e. The maximum absolute atomic E-state index is 14.5. The van der Waals surface area contributed by atoms with Gasteiger partial charge in [0.25, 0.3) is 37.6 Å². The molecule has 0 aromatic heterocycles. The van der Waals surface area contributed by atoms with Gasteiger partial charge < -0.3 is 20.4 Å². The van der Waals surface area contributed by atoms with Gasteiger partial charge in [-0.15, -0.1) is 11.8 Å². The van der Waals surface area contributed by atoms with E-state index in [-0.39, 0.29) is 34.9 Å².